The highest BCUT2D eigenvalue weighted by Crippen LogP contribution is 2.54. The summed E-state index contributed by atoms with van der Waals surface area (Å²) < 4.78 is 6.32. The molecule has 0 amide bonds. The Morgan fingerprint density at radius 1 is 0.468 bits per heavy atom. The third-order valence-corrected chi connectivity index (χ3v) is 13.9. The molecule has 0 unspecified atom stereocenters. The van der Waals surface area contributed by atoms with Crippen LogP contribution in [-0.4, -0.2) is 0 Å². The molecular weight excluding hydrogens is 753 g/mol. The van der Waals surface area contributed by atoms with Gasteiger partial charge in [0.05, 0.1) is 22.7 Å². The number of nitrogens with zero attached hydrogens (tertiary/aromatic N) is 2. The van der Waals surface area contributed by atoms with Gasteiger partial charge in [-0.3, -0.25) is 0 Å². The van der Waals surface area contributed by atoms with E-state index in [1.54, 1.807) is 0 Å². The van der Waals surface area contributed by atoms with E-state index in [0.717, 1.165) is 35.0 Å². The van der Waals surface area contributed by atoms with E-state index in [1.165, 1.54) is 83.8 Å². The maximum Gasteiger partial charge on any atom is 0.151 e. The van der Waals surface area contributed by atoms with E-state index in [0.29, 0.717) is 0 Å². The van der Waals surface area contributed by atoms with Crippen LogP contribution < -0.4 is 14.5 Å². The standard InChI is InChI=1S/C59H46N2O/c1-58(2)48-34-29-42(60-54-17-9-11-19-56(54)62-57-20-12-10-18-55(57)60)27-32-44(48)45-30-23-38(35-49(45)58)21-22-39-24-31-46-47-33-28-43(37-51(47)59(3,4)50(46)36-39)61-52-15-7-5-13-40(52)25-26-41-14-6-8-16-53(41)61/h5-33,35-37H,34H2,1-4H3. The zero-order chi connectivity index (χ0) is 41.7. The third kappa shape index (κ3) is 5.51. The highest BCUT2D eigenvalue weighted by Gasteiger charge is 2.39. The van der Waals surface area contributed by atoms with Crippen molar-refractivity contribution in [2.75, 3.05) is 9.80 Å². The fraction of sp³-hybridized carbons (Fsp3) is 0.119. The number of ether oxygens (including phenoxy) is 1. The number of benzene rings is 7. The van der Waals surface area contributed by atoms with Gasteiger partial charge in [0, 0.05) is 22.2 Å². The van der Waals surface area contributed by atoms with Gasteiger partial charge in [-0.2, -0.15) is 0 Å². The quantitative estimate of drug-likeness (QED) is 0.165. The molecule has 0 bridgehead atoms. The lowest BCUT2D eigenvalue weighted by Gasteiger charge is -2.33. The van der Waals surface area contributed by atoms with Crippen molar-refractivity contribution in [1.29, 1.82) is 0 Å². The van der Waals surface area contributed by atoms with Crippen LogP contribution in [-0.2, 0) is 10.8 Å². The second-order valence-corrected chi connectivity index (χ2v) is 18.1. The summed E-state index contributed by atoms with van der Waals surface area (Å²) in [7, 11) is 0. The number of fused-ring (bicyclic) bond motifs is 9. The lowest BCUT2D eigenvalue weighted by atomic mass is 9.79. The SMILES string of the molecule is CC1(C)C2=C(C=CC(N3c4ccccc4Oc4ccccc43)=CC2)c2ccc(C=Cc3ccc4c(c3)C(C)(C)c3cc(N5c6ccccc6C=Cc6ccccc65)ccc3-4)cc21. The van der Waals surface area contributed by atoms with E-state index < -0.39 is 0 Å². The van der Waals surface area contributed by atoms with Crippen LogP contribution in [0.4, 0.5) is 28.4 Å². The van der Waals surface area contributed by atoms with Gasteiger partial charge in [-0.25, -0.2) is 0 Å². The van der Waals surface area contributed by atoms with Crippen molar-refractivity contribution in [3.05, 3.63) is 226 Å². The van der Waals surface area contributed by atoms with Crippen LogP contribution in [0.2, 0.25) is 0 Å². The molecular formula is C59H46N2O. The zero-order valence-electron chi connectivity index (χ0n) is 35.5. The molecule has 298 valence electrons. The Hall–Kier alpha value is -7.36. The molecule has 12 rings (SSSR count). The first-order chi connectivity index (χ1) is 30.2. The highest BCUT2D eigenvalue weighted by molar-refractivity contribution is 5.95. The molecule has 3 aliphatic carbocycles. The first-order valence-corrected chi connectivity index (χ1v) is 21.8. The van der Waals surface area contributed by atoms with Crippen molar-refractivity contribution in [3.63, 3.8) is 0 Å². The summed E-state index contributed by atoms with van der Waals surface area (Å²) in [6, 6.07) is 55.2. The van der Waals surface area contributed by atoms with E-state index in [1.807, 2.05) is 12.1 Å². The molecule has 2 aliphatic heterocycles. The summed E-state index contributed by atoms with van der Waals surface area (Å²) in [4.78, 5) is 4.77. The molecule has 3 nitrogen and oxygen atoms in total. The van der Waals surface area contributed by atoms with Crippen molar-refractivity contribution in [2.45, 2.75) is 44.9 Å². The zero-order valence-corrected chi connectivity index (χ0v) is 35.5. The van der Waals surface area contributed by atoms with Gasteiger partial charge in [-0.15, -0.1) is 0 Å². The molecule has 0 spiro atoms. The third-order valence-electron chi connectivity index (χ3n) is 13.9. The predicted molar refractivity (Wildman–Crippen MR) is 260 cm³/mol. The topological polar surface area (TPSA) is 15.7 Å². The summed E-state index contributed by atoms with van der Waals surface area (Å²) in [5.41, 5.74) is 22.3. The molecule has 0 aromatic heterocycles. The number of hydrogen-bond acceptors (Lipinski definition) is 3. The van der Waals surface area contributed by atoms with Crippen LogP contribution in [0.15, 0.2) is 181 Å². The second kappa shape index (κ2) is 13.6. The average Bonchev–Trinajstić information content (AvgIpc) is 3.45. The summed E-state index contributed by atoms with van der Waals surface area (Å²) >= 11 is 0. The van der Waals surface area contributed by atoms with Crippen molar-refractivity contribution in [3.8, 4) is 22.6 Å². The van der Waals surface area contributed by atoms with Crippen molar-refractivity contribution < 1.29 is 4.74 Å². The fourth-order valence-electron chi connectivity index (χ4n) is 10.7. The largest absolute Gasteiger partial charge is 0.453 e. The Balaban J connectivity index is 0.827. The minimum Gasteiger partial charge on any atom is -0.453 e. The molecule has 62 heavy (non-hydrogen) atoms. The Labute approximate surface area is 364 Å². The van der Waals surface area contributed by atoms with Crippen molar-refractivity contribution in [2.24, 2.45) is 0 Å². The van der Waals surface area contributed by atoms with Crippen LogP contribution in [0.5, 0.6) is 11.5 Å². The monoisotopic (exact) mass is 798 g/mol. The summed E-state index contributed by atoms with van der Waals surface area (Å²) in [6.45, 7) is 9.54. The Morgan fingerprint density at radius 2 is 0.984 bits per heavy atom. The van der Waals surface area contributed by atoms with Gasteiger partial charge in [-0.1, -0.05) is 167 Å². The minimum atomic E-state index is -0.162. The van der Waals surface area contributed by atoms with Crippen LogP contribution in [0.25, 0.3) is 41.0 Å². The van der Waals surface area contributed by atoms with Gasteiger partial charge in [0.15, 0.2) is 11.5 Å². The van der Waals surface area contributed by atoms with E-state index in [9.17, 15) is 0 Å². The Morgan fingerprint density at radius 3 is 1.61 bits per heavy atom. The minimum absolute atomic E-state index is 0.109. The van der Waals surface area contributed by atoms with Gasteiger partial charge in [0.1, 0.15) is 0 Å². The van der Waals surface area contributed by atoms with E-state index in [2.05, 4.69) is 220 Å². The molecule has 0 saturated carbocycles. The van der Waals surface area contributed by atoms with Gasteiger partial charge in [0.25, 0.3) is 0 Å². The highest BCUT2D eigenvalue weighted by atomic mass is 16.5. The number of allylic oxidation sites excluding steroid dienone is 5. The summed E-state index contributed by atoms with van der Waals surface area (Å²) in [5, 5.41) is 0. The van der Waals surface area contributed by atoms with Crippen molar-refractivity contribution in [1.82, 2.24) is 0 Å². The maximum absolute atomic E-state index is 6.32. The van der Waals surface area contributed by atoms with Gasteiger partial charge >= 0.3 is 0 Å². The molecule has 5 aliphatic rings. The molecule has 0 radical (unpaired) electrons. The van der Waals surface area contributed by atoms with Crippen LogP contribution in [0, 0.1) is 0 Å². The van der Waals surface area contributed by atoms with Gasteiger partial charge in [0.2, 0.25) is 0 Å². The molecule has 0 saturated heterocycles. The molecule has 3 heteroatoms. The first kappa shape index (κ1) is 36.5. The van der Waals surface area contributed by atoms with E-state index in [4.69, 9.17) is 4.74 Å². The maximum atomic E-state index is 6.32. The fourth-order valence-corrected chi connectivity index (χ4v) is 10.7. The lowest BCUT2D eigenvalue weighted by Crippen LogP contribution is -2.20. The van der Waals surface area contributed by atoms with Crippen molar-refractivity contribution >= 4 is 58.3 Å². The normalized spacial score (nSPS) is 16.8. The van der Waals surface area contributed by atoms with Crippen LogP contribution >= 0.6 is 0 Å². The molecule has 0 atom stereocenters. The molecule has 2 heterocycles. The van der Waals surface area contributed by atoms with Crippen LogP contribution in [0.3, 0.4) is 0 Å². The molecule has 7 aromatic carbocycles. The molecule has 7 aromatic rings. The average molecular weight is 799 g/mol. The lowest BCUT2D eigenvalue weighted by molar-refractivity contribution is 0.476. The Bertz CT molecular complexity index is 3110. The summed E-state index contributed by atoms with van der Waals surface area (Å²) in [6.07, 6.45) is 17.0. The number of anilines is 5. The number of hydrogen-bond donors (Lipinski definition) is 0. The van der Waals surface area contributed by atoms with Gasteiger partial charge in [-0.05, 0) is 128 Å². The van der Waals surface area contributed by atoms with Crippen LogP contribution in [0.1, 0.15) is 78.6 Å². The van der Waals surface area contributed by atoms with E-state index >= 15 is 0 Å². The Kier molecular flexibility index (Phi) is 7.99. The predicted octanol–water partition coefficient (Wildman–Crippen LogP) is 15.9. The smallest absolute Gasteiger partial charge is 0.151 e. The number of para-hydroxylation sites is 6. The number of rotatable bonds is 4. The summed E-state index contributed by atoms with van der Waals surface area (Å²) in [5.74, 6) is 1.75. The second-order valence-electron chi connectivity index (χ2n) is 18.1. The molecule has 0 N–H and O–H groups in total. The molecule has 0 fully saturated rings. The van der Waals surface area contributed by atoms with E-state index in [-0.39, 0.29) is 10.8 Å². The van der Waals surface area contributed by atoms with Gasteiger partial charge < -0.3 is 14.5 Å². The first-order valence-electron chi connectivity index (χ1n) is 21.8.